The van der Waals surface area contributed by atoms with Crippen molar-refractivity contribution in [1.82, 2.24) is 19.9 Å². The van der Waals surface area contributed by atoms with Gasteiger partial charge in [-0.3, -0.25) is 0 Å². The van der Waals surface area contributed by atoms with E-state index in [4.69, 9.17) is 4.98 Å². The van der Waals surface area contributed by atoms with Crippen molar-refractivity contribution >= 4 is 22.9 Å². The third kappa shape index (κ3) is 2.23. The molecule has 2 fully saturated rings. The molecule has 2 atom stereocenters. The molecule has 0 radical (unpaired) electrons. The van der Waals surface area contributed by atoms with Crippen LogP contribution < -0.4 is 5.32 Å². The third-order valence-electron chi connectivity index (χ3n) is 4.43. The summed E-state index contributed by atoms with van der Waals surface area (Å²) in [5.74, 6) is 4.46. The van der Waals surface area contributed by atoms with E-state index in [-0.39, 0.29) is 0 Å². The first-order valence-electron chi connectivity index (χ1n) is 7.52. The highest BCUT2D eigenvalue weighted by molar-refractivity contribution is 7.99. The van der Waals surface area contributed by atoms with Crippen LogP contribution in [0.25, 0.3) is 11.2 Å². The number of nitrogens with zero attached hydrogens (tertiary/aromatic N) is 3. The van der Waals surface area contributed by atoms with E-state index < -0.39 is 0 Å². The smallest absolute Gasteiger partial charge is 0.160 e. The Labute approximate surface area is 123 Å². The second kappa shape index (κ2) is 5.37. The van der Waals surface area contributed by atoms with Crippen molar-refractivity contribution in [2.24, 2.45) is 5.92 Å². The van der Waals surface area contributed by atoms with Gasteiger partial charge < -0.3 is 9.88 Å². The quantitative estimate of drug-likeness (QED) is 0.941. The van der Waals surface area contributed by atoms with E-state index in [9.17, 15) is 0 Å². The Morgan fingerprint density at radius 1 is 1.40 bits per heavy atom. The number of pyridine rings is 1. The number of hydrogen-bond donors (Lipinski definition) is 1. The SMILES string of the molecule is c1cnc2c(c1)nc(CC1CCNC1)n2C1CCSC1. The molecule has 2 saturated heterocycles. The number of rotatable bonds is 3. The first-order chi connectivity index (χ1) is 9.92. The molecule has 2 aromatic heterocycles. The first-order valence-corrected chi connectivity index (χ1v) is 8.67. The summed E-state index contributed by atoms with van der Waals surface area (Å²) in [7, 11) is 0. The number of hydrogen-bond acceptors (Lipinski definition) is 4. The molecule has 1 N–H and O–H groups in total. The highest BCUT2D eigenvalue weighted by atomic mass is 32.2. The van der Waals surface area contributed by atoms with Crippen molar-refractivity contribution in [2.75, 3.05) is 24.6 Å². The highest BCUT2D eigenvalue weighted by Crippen LogP contribution is 2.32. The average Bonchev–Trinajstić information content (AvgIpc) is 3.18. The number of nitrogens with one attached hydrogen (secondary N) is 1. The van der Waals surface area contributed by atoms with Gasteiger partial charge in [0, 0.05) is 24.4 Å². The minimum Gasteiger partial charge on any atom is -0.316 e. The van der Waals surface area contributed by atoms with Crippen LogP contribution in [0.4, 0.5) is 0 Å². The Morgan fingerprint density at radius 3 is 3.20 bits per heavy atom. The van der Waals surface area contributed by atoms with E-state index in [2.05, 4.69) is 32.7 Å². The van der Waals surface area contributed by atoms with Gasteiger partial charge in [0.05, 0.1) is 0 Å². The Hall–Kier alpha value is -1.07. The zero-order valence-electron chi connectivity index (χ0n) is 11.6. The van der Waals surface area contributed by atoms with Crippen LogP contribution in [-0.4, -0.2) is 39.1 Å². The standard InChI is InChI=1S/C15H20N4S/c1-2-13-15(17-5-1)19(12-4-7-20-10-12)14(18-13)8-11-3-6-16-9-11/h1-2,5,11-12,16H,3-4,6-10H2. The lowest BCUT2D eigenvalue weighted by atomic mass is 10.0. The van der Waals surface area contributed by atoms with E-state index in [1.54, 1.807) is 0 Å². The Balaban J connectivity index is 1.74. The van der Waals surface area contributed by atoms with Crippen molar-refractivity contribution in [2.45, 2.75) is 25.3 Å². The second-order valence-electron chi connectivity index (χ2n) is 5.82. The van der Waals surface area contributed by atoms with E-state index in [1.165, 1.54) is 30.2 Å². The molecular weight excluding hydrogens is 268 g/mol. The molecule has 2 aliphatic heterocycles. The van der Waals surface area contributed by atoms with Gasteiger partial charge in [-0.05, 0) is 49.7 Å². The Bertz CT molecular complexity index is 597. The van der Waals surface area contributed by atoms with E-state index >= 15 is 0 Å². The lowest BCUT2D eigenvalue weighted by molar-refractivity contribution is 0.498. The summed E-state index contributed by atoms with van der Waals surface area (Å²) in [5.41, 5.74) is 2.14. The molecule has 0 amide bonds. The molecule has 0 aromatic carbocycles. The van der Waals surface area contributed by atoms with Gasteiger partial charge in [0.25, 0.3) is 0 Å². The molecule has 2 aromatic rings. The van der Waals surface area contributed by atoms with Crippen LogP contribution in [0, 0.1) is 5.92 Å². The van der Waals surface area contributed by atoms with Crippen molar-refractivity contribution in [1.29, 1.82) is 0 Å². The zero-order chi connectivity index (χ0) is 13.4. The van der Waals surface area contributed by atoms with Crippen molar-refractivity contribution < 1.29 is 0 Å². The predicted molar refractivity (Wildman–Crippen MR) is 83.2 cm³/mol. The van der Waals surface area contributed by atoms with Crippen molar-refractivity contribution in [3.05, 3.63) is 24.2 Å². The fraction of sp³-hybridized carbons (Fsp3) is 0.600. The van der Waals surface area contributed by atoms with Crippen LogP contribution in [0.5, 0.6) is 0 Å². The highest BCUT2D eigenvalue weighted by Gasteiger charge is 2.25. The summed E-state index contributed by atoms with van der Waals surface area (Å²) in [6.45, 7) is 2.29. The second-order valence-corrected chi connectivity index (χ2v) is 6.97. The summed E-state index contributed by atoms with van der Waals surface area (Å²) in [6.07, 6.45) is 5.51. The molecule has 4 nitrogen and oxygen atoms in total. The van der Waals surface area contributed by atoms with Gasteiger partial charge in [-0.15, -0.1) is 0 Å². The van der Waals surface area contributed by atoms with Gasteiger partial charge in [0.1, 0.15) is 11.3 Å². The summed E-state index contributed by atoms with van der Waals surface area (Å²) < 4.78 is 2.44. The molecular formula is C15H20N4S. The molecule has 4 heterocycles. The maximum Gasteiger partial charge on any atom is 0.160 e. The minimum absolute atomic E-state index is 0.587. The molecule has 2 aliphatic rings. The minimum atomic E-state index is 0.587. The summed E-state index contributed by atoms with van der Waals surface area (Å²) in [5, 5.41) is 3.46. The zero-order valence-corrected chi connectivity index (χ0v) is 12.4. The Morgan fingerprint density at radius 2 is 2.40 bits per heavy atom. The summed E-state index contributed by atoms with van der Waals surface area (Å²) in [4.78, 5) is 9.48. The predicted octanol–water partition coefficient (Wildman–Crippen LogP) is 2.26. The summed E-state index contributed by atoms with van der Waals surface area (Å²) >= 11 is 2.05. The van der Waals surface area contributed by atoms with Gasteiger partial charge >= 0.3 is 0 Å². The monoisotopic (exact) mass is 288 g/mol. The molecule has 2 unspecified atom stereocenters. The number of fused-ring (bicyclic) bond motifs is 1. The normalized spacial score (nSPS) is 26.6. The van der Waals surface area contributed by atoms with E-state index in [0.717, 1.165) is 36.6 Å². The van der Waals surface area contributed by atoms with Crippen LogP contribution in [0.1, 0.15) is 24.7 Å². The van der Waals surface area contributed by atoms with Gasteiger partial charge in [-0.2, -0.15) is 11.8 Å². The molecule has 0 bridgehead atoms. The molecule has 0 spiro atoms. The number of thioether (sulfide) groups is 1. The lowest BCUT2D eigenvalue weighted by Gasteiger charge is -2.16. The van der Waals surface area contributed by atoms with Crippen molar-refractivity contribution in [3.8, 4) is 0 Å². The van der Waals surface area contributed by atoms with Gasteiger partial charge in [-0.1, -0.05) is 0 Å². The molecule has 20 heavy (non-hydrogen) atoms. The molecule has 0 saturated carbocycles. The molecule has 106 valence electrons. The van der Waals surface area contributed by atoms with Gasteiger partial charge in [0.15, 0.2) is 5.65 Å². The van der Waals surface area contributed by atoms with E-state index in [0.29, 0.717) is 6.04 Å². The fourth-order valence-corrected chi connectivity index (χ4v) is 4.57. The maximum atomic E-state index is 4.88. The van der Waals surface area contributed by atoms with Crippen LogP contribution in [0.15, 0.2) is 18.3 Å². The van der Waals surface area contributed by atoms with Crippen LogP contribution in [-0.2, 0) is 6.42 Å². The van der Waals surface area contributed by atoms with Crippen LogP contribution >= 0.6 is 11.8 Å². The first kappa shape index (κ1) is 12.7. The van der Waals surface area contributed by atoms with Crippen LogP contribution in [0.3, 0.4) is 0 Å². The number of aromatic nitrogens is 3. The number of imidazole rings is 1. The third-order valence-corrected chi connectivity index (χ3v) is 5.57. The lowest BCUT2D eigenvalue weighted by Crippen LogP contribution is -2.17. The van der Waals surface area contributed by atoms with Gasteiger partial charge in [-0.25, -0.2) is 9.97 Å². The largest absolute Gasteiger partial charge is 0.316 e. The molecule has 4 rings (SSSR count). The maximum absolute atomic E-state index is 4.88. The van der Waals surface area contributed by atoms with Crippen molar-refractivity contribution in [3.63, 3.8) is 0 Å². The van der Waals surface area contributed by atoms with Gasteiger partial charge in [0.2, 0.25) is 0 Å². The topological polar surface area (TPSA) is 42.7 Å². The fourth-order valence-electron chi connectivity index (χ4n) is 3.38. The molecule has 0 aliphatic carbocycles. The average molecular weight is 288 g/mol. The Kier molecular flexibility index (Phi) is 3.40. The van der Waals surface area contributed by atoms with Crippen LogP contribution in [0.2, 0.25) is 0 Å². The molecule has 5 heteroatoms. The summed E-state index contributed by atoms with van der Waals surface area (Å²) in [6, 6.07) is 4.67. The van der Waals surface area contributed by atoms with E-state index in [1.807, 2.05) is 12.3 Å².